The van der Waals surface area contributed by atoms with Crippen LogP contribution in [-0.2, 0) is 33.6 Å². The molecule has 4 atom stereocenters. The monoisotopic (exact) mass is 549 g/mol. The molecule has 7 nitrogen and oxygen atoms in total. The molecule has 0 saturated carbocycles. The molecule has 3 aromatic carbocycles. The zero-order valence-electron chi connectivity index (χ0n) is 23.8. The molecule has 2 aliphatic heterocycles. The van der Waals surface area contributed by atoms with Crippen LogP contribution in [0.25, 0.3) is 10.9 Å². The number of para-hydroxylation sites is 2. The van der Waals surface area contributed by atoms with E-state index < -0.39 is 35.3 Å². The van der Waals surface area contributed by atoms with Gasteiger partial charge in [0.05, 0.1) is 17.5 Å². The number of rotatable bonds is 7. The Bertz CT molecular complexity index is 1680. The van der Waals surface area contributed by atoms with Gasteiger partial charge in [-0.05, 0) is 60.6 Å². The predicted molar refractivity (Wildman–Crippen MR) is 159 cm³/mol. The number of amides is 2. The highest BCUT2D eigenvalue weighted by atomic mass is 16.4. The number of aromatic amines is 1. The van der Waals surface area contributed by atoms with Crippen LogP contribution in [0.4, 0.5) is 5.69 Å². The van der Waals surface area contributed by atoms with Crippen LogP contribution in [0.5, 0.6) is 0 Å². The van der Waals surface area contributed by atoms with Crippen LogP contribution in [0.2, 0.25) is 0 Å². The molecule has 0 bridgehead atoms. The van der Waals surface area contributed by atoms with Gasteiger partial charge in [-0.3, -0.25) is 19.7 Å². The molecular formula is C34H35N3O4. The Balaban J connectivity index is 1.57. The van der Waals surface area contributed by atoms with E-state index in [2.05, 4.69) is 10.3 Å². The third kappa shape index (κ3) is 4.02. The van der Waals surface area contributed by atoms with Gasteiger partial charge in [0.1, 0.15) is 5.54 Å². The molecule has 210 valence electrons. The Morgan fingerprint density at radius 1 is 0.927 bits per heavy atom. The van der Waals surface area contributed by atoms with E-state index in [1.54, 1.807) is 0 Å². The molecule has 2 saturated heterocycles. The molecule has 2 aliphatic rings. The van der Waals surface area contributed by atoms with E-state index in [4.69, 9.17) is 0 Å². The predicted octanol–water partition coefficient (Wildman–Crippen LogP) is 5.43. The van der Waals surface area contributed by atoms with Crippen LogP contribution in [-0.4, -0.2) is 33.4 Å². The number of fused-ring (bicyclic) bond motifs is 2. The van der Waals surface area contributed by atoms with Crippen molar-refractivity contribution < 1.29 is 19.5 Å². The second-order valence-corrected chi connectivity index (χ2v) is 11.4. The van der Waals surface area contributed by atoms with Crippen molar-refractivity contribution in [3.8, 4) is 0 Å². The Morgan fingerprint density at radius 3 is 2.32 bits per heavy atom. The first-order valence-corrected chi connectivity index (χ1v) is 14.3. The number of carboxylic acids is 1. The topological polar surface area (TPSA) is 102 Å². The second kappa shape index (κ2) is 10.00. The summed E-state index contributed by atoms with van der Waals surface area (Å²) in [6.07, 6.45) is 3.16. The van der Waals surface area contributed by atoms with E-state index in [1.807, 2.05) is 94.6 Å². The first-order valence-electron chi connectivity index (χ1n) is 14.3. The van der Waals surface area contributed by atoms with E-state index >= 15 is 0 Å². The van der Waals surface area contributed by atoms with Crippen LogP contribution in [0, 0.1) is 25.7 Å². The number of anilines is 1. The third-order valence-corrected chi connectivity index (χ3v) is 9.14. The number of hydrogen-bond donors (Lipinski definition) is 3. The van der Waals surface area contributed by atoms with Crippen molar-refractivity contribution in [3.63, 3.8) is 0 Å². The van der Waals surface area contributed by atoms with E-state index in [9.17, 15) is 19.5 Å². The van der Waals surface area contributed by atoms with Gasteiger partial charge in [-0.2, -0.15) is 0 Å². The summed E-state index contributed by atoms with van der Waals surface area (Å²) in [7, 11) is 0. The molecule has 0 radical (unpaired) electrons. The van der Waals surface area contributed by atoms with Crippen molar-refractivity contribution >= 4 is 34.4 Å². The van der Waals surface area contributed by atoms with Gasteiger partial charge in [0.25, 0.3) is 0 Å². The highest BCUT2D eigenvalue weighted by Gasteiger charge is 2.69. The summed E-state index contributed by atoms with van der Waals surface area (Å²) in [5.41, 5.74) is 5.22. The van der Waals surface area contributed by atoms with Crippen molar-refractivity contribution in [3.05, 3.63) is 100 Å². The van der Waals surface area contributed by atoms with Gasteiger partial charge < -0.3 is 10.1 Å². The van der Waals surface area contributed by atoms with E-state index in [-0.39, 0.29) is 12.3 Å². The molecule has 3 heterocycles. The van der Waals surface area contributed by atoms with Crippen molar-refractivity contribution in [1.82, 2.24) is 10.3 Å². The summed E-state index contributed by atoms with van der Waals surface area (Å²) in [5, 5.41) is 15.3. The minimum Gasteiger partial charge on any atom is -0.480 e. The van der Waals surface area contributed by atoms with Gasteiger partial charge in [-0.1, -0.05) is 74.0 Å². The van der Waals surface area contributed by atoms with Crippen LogP contribution in [0.3, 0.4) is 0 Å². The first-order chi connectivity index (χ1) is 19.7. The minimum atomic E-state index is -1.69. The molecule has 2 fully saturated rings. The second-order valence-electron chi connectivity index (χ2n) is 11.4. The lowest BCUT2D eigenvalue weighted by Gasteiger charge is -2.32. The number of carbonyl (C=O) groups is 3. The SMILES string of the molecule is CCc1cccc(CC)c1N1C(=O)C2C(c3cc(C)ccc3C)NC(Cc3c[nH]c4ccccc34)(C(=O)O)C2C1=O. The first kappa shape index (κ1) is 27.0. The van der Waals surface area contributed by atoms with Crippen LogP contribution in [0.1, 0.15) is 53.3 Å². The largest absolute Gasteiger partial charge is 0.480 e. The van der Waals surface area contributed by atoms with Crippen molar-refractivity contribution in [1.29, 1.82) is 0 Å². The number of carboxylic acid groups (broad SMARTS) is 1. The van der Waals surface area contributed by atoms with Crippen LogP contribution in [0.15, 0.2) is 66.9 Å². The van der Waals surface area contributed by atoms with Gasteiger partial charge in [-0.25, -0.2) is 4.90 Å². The van der Waals surface area contributed by atoms with E-state index in [0.29, 0.717) is 18.5 Å². The van der Waals surface area contributed by atoms with Crippen LogP contribution >= 0.6 is 0 Å². The average molecular weight is 550 g/mol. The standard InChI is InChI=1S/C34H35N3O4/c1-5-21-10-9-11-22(6-2)30(21)37-31(38)27-28(32(37)39)34(33(40)41,17-23-18-35-26-13-8-7-12-24(23)26)36-29(27)25-16-19(3)14-15-20(25)4/h7-16,18,27-29,35-36H,5-6,17H2,1-4H3,(H,40,41). The van der Waals surface area contributed by atoms with Gasteiger partial charge in [-0.15, -0.1) is 0 Å². The van der Waals surface area contributed by atoms with Gasteiger partial charge >= 0.3 is 5.97 Å². The Morgan fingerprint density at radius 2 is 1.63 bits per heavy atom. The van der Waals surface area contributed by atoms with E-state index in [0.717, 1.165) is 44.3 Å². The van der Waals surface area contributed by atoms with Crippen molar-refractivity contribution in [2.45, 2.75) is 58.5 Å². The highest BCUT2D eigenvalue weighted by molar-refractivity contribution is 6.25. The maximum absolute atomic E-state index is 14.6. The normalized spacial score (nSPS) is 23.9. The maximum atomic E-state index is 14.6. The molecule has 7 heteroatoms. The number of H-pyrrole nitrogens is 1. The zero-order chi connectivity index (χ0) is 29.1. The number of nitrogens with zero attached hydrogens (tertiary/aromatic N) is 1. The fourth-order valence-corrected chi connectivity index (χ4v) is 7.10. The quantitative estimate of drug-likeness (QED) is 0.267. The zero-order valence-corrected chi connectivity index (χ0v) is 23.8. The average Bonchev–Trinajstić information content (AvgIpc) is 3.61. The summed E-state index contributed by atoms with van der Waals surface area (Å²) in [6, 6.07) is 18.9. The summed E-state index contributed by atoms with van der Waals surface area (Å²) in [4.78, 5) is 47.1. The Hall–Kier alpha value is -4.23. The van der Waals surface area contributed by atoms with E-state index in [1.165, 1.54) is 4.90 Å². The Labute approximate surface area is 239 Å². The highest BCUT2D eigenvalue weighted by Crippen LogP contribution is 2.52. The number of carbonyl (C=O) groups excluding carboxylic acids is 2. The number of aryl methyl sites for hydroxylation is 4. The van der Waals surface area contributed by atoms with Crippen molar-refractivity contribution in [2.24, 2.45) is 11.8 Å². The lowest BCUT2D eigenvalue weighted by atomic mass is 9.76. The molecule has 3 N–H and O–H groups in total. The number of aromatic nitrogens is 1. The number of imide groups is 1. The number of nitrogens with one attached hydrogen (secondary N) is 2. The third-order valence-electron chi connectivity index (χ3n) is 9.14. The minimum absolute atomic E-state index is 0.0534. The lowest BCUT2D eigenvalue weighted by molar-refractivity contribution is -0.148. The van der Waals surface area contributed by atoms with Gasteiger partial charge in [0.15, 0.2) is 0 Å². The lowest BCUT2D eigenvalue weighted by Crippen LogP contribution is -2.57. The number of benzene rings is 3. The van der Waals surface area contributed by atoms with Crippen LogP contribution < -0.4 is 10.2 Å². The molecule has 41 heavy (non-hydrogen) atoms. The molecule has 0 aliphatic carbocycles. The molecule has 4 aromatic rings. The summed E-state index contributed by atoms with van der Waals surface area (Å²) >= 11 is 0. The molecule has 1 aromatic heterocycles. The molecule has 0 spiro atoms. The fraction of sp³-hybridized carbons (Fsp3) is 0.324. The van der Waals surface area contributed by atoms with Gasteiger partial charge in [0, 0.05) is 29.6 Å². The number of hydrogen-bond acceptors (Lipinski definition) is 4. The summed E-state index contributed by atoms with van der Waals surface area (Å²) in [6.45, 7) is 7.95. The maximum Gasteiger partial charge on any atom is 0.325 e. The summed E-state index contributed by atoms with van der Waals surface area (Å²) < 4.78 is 0. The Kier molecular flexibility index (Phi) is 6.57. The fourth-order valence-electron chi connectivity index (χ4n) is 7.10. The molecule has 4 unspecified atom stereocenters. The van der Waals surface area contributed by atoms with Gasteiger partial charge in [0.2, 0.25) is 11.8 Å². The van der Waals surface area contributed by atoms with Crippen molar-refractivity contribution in [2.75, 3.05) is 4.90 Å². The smallest absolute Gasteiger partial charge is 0.325 e. The molecule has 6 rings (SSSR count). The molecular weight excluding hydrogens is 514 g/mol. The molecule has 2 amide bonds. The number of aliphatic carboxylic acids is 1. The summed E-state index contributed by atoms with van der Waals surface area (Å²) in [5.74, 6) is -3.86.